The molecule has 7 nitrogen and oxygen atoms in total. The van der Waals surface area contributed by atoms with Gasteiger partial charge in [0.25, 0.3) is 5.91 Å². The number of carbonyl (C=O) groups excluding carboxylic acids is 1. The van der Waals surface area contributed by atoms with E-state index < -0.39 is 17.9 Å². The number of hydrogen-bond donors (Lipinski definition) is 1. The van der Waals surface area contributed by atoms with Gasteiger partial charge in [0.15, 0.2) is 11.5 Å². The molecule has 1 aliphatic heterocycles. The molecule has 1 aromatic heterocycles. The highest BCUT2D eigenvalue weighted by Crippen LogP contribution is 2.38. The molecule has 0 spiro atoms. The molecular weight excluding hydrogens is 448 g/mol. The lowest BCUT2D eigenvalue weighted by molar-refractivity contribution is -0.145. The standard InChI is InChI=1S/C23H24N2O5S2/c1-13(2)10-17(22(27)28)25-21(26)19(32-23(25)31)11-14-8-9-16(24-12-14)15-6-5-7-18(29-3)20(15)30-4/h5-9,11-13,17H,10H2,1-4H3,(H,27,28)/b19-11-/t17-/m0/s1. The lowest BCUT2D eigenvalue weighted by Gasteiger charge is -2.24. The molecule has 2 heterocycles. The molecule has 1 aromatic carbocycles. The summed E-state index contributed by atoms with van der Waals surface area (Å²) >= 11 is 6.42. The Hall–Kier alpha value is -2.91. The fraction of sp³-hybridized carbons (Fsp3) is 0.304. The molecule has 1 atom stereocenters. The van der Waals surface area contributed by atoms with Crippen molar-refractivity contribution < 1.29 is 24.2 Å². The average molecular weight is 473 g/mol. The predicted octanol–water partition coefficient (Wildman–Crippen LogP) is 4.47. The van der Waals surface area contributed by atoms with Gasteiger partial charge in [0.1, 0.15) is 10.4 Å². The van der Waals surface area contributed by atoms with E-state index in [1.165, 1.54) is 4.90 Å². The van der Waals surface area contributed by atoms with Gasteiger partial charge in [-0.05, 0) is 42.2 Å². The van der Waals surface area contributed by atoms with Gasteiger partial charge in [-0.3, -0.25) is 14.7 Å². The number of ether oxygens (including phenoxy) is 2. The van der Waals surface area contributed by atoms with E-state index in [1.54, 1.807) is 26.5 Å². The number of benzene rings is 1. The maximum atomic E-state index is 12.9. The SMILES string of the molecule is COc1cccc(-c2ccc(/C=C3\SC(=S)N([C@@H](CC(C)C)C(=O)O)C3=O)cn2)c1OC. The molecule has 1 saturated heterocycles. The third-order valence-electron chi connectivity index (χ3n) is 4.88. The van der Waals surface area contributed by atoms with Crippen molar-refractivity contribution in [1.29, 1.82) is 0 Å². The molecule has 9 heteroatoms. The van der Waals surface area contributed by atoms with Crippen molar-refractivity contribution >= 4 is 46.3 Å². The van der Waals surface area contributed by atoms with Crippen LogP contribution >= 0.6 is 24.0 Å². The number of aliphatic carboxylic acids is 1. The van der Waals surface area contributed by atoms with Crippen LogP contribution < -0.4 is 9.47 Å². The molecule has 2 aromatic rings. The van der Waals surface area contributed by atoms with Crippen molar-refractivity contribution in [2.45, 2.75) is 26.3 Å². The van der Waals surface area contributed by atoms with Crippen LogP contribution in [-0.4, -0.2) is 51.4 Å². The van der Waals surface area contributed by atoms with E-state index >= 15 is 0 Å². The molecule has 1 N–H and O–H groups in total. The molecule has 3 rings (SSSR count). The van der Waals surface area contributed by atoms with Crippen molar-refractivity contribution in [3.8, 4) is 22.8 Å². The first-order chi connectivity index (χ1) is 15.3. The number of rotatable bonds is 8. The number of nitrogens with zero attached hydrogens (tertiary/aromatic N) is 2. The van der Waals surface area contributed by atoms with Gasteiger partial charge in [0, 0.05) is 11.8 Å². The summed E-state index contributed by atoms with van der Waals surface area (Å²) in [6.45, 7) is 3.82. The Morgan fingerprint density at radius 3 is 2.56 bits per heavy atom. The topological polar surface area (TPSA) is 89.0 Å². The number of carboxylic acid groups (broad SMARTS) is 1. The van der Waals surface area contributed by atoms with Crippen LogP contribution in [0.1, 0.15) is 25.8 Å². The van der Waals surface area contributed by atoms with Crippen molar-refractivity contribution in [1.82, 2.24) is 9.88 Å². The Balaban J connectivity index is 1.87. The van der Waals surface area contributed by atoms with Crippen LogP contribution in [0, 0.1) is 5.92 Å². The first-order valence-electron chi connectivity index (χ1n) is 9.94. The zero-order chi connectivity index (χ0) is 23.4. The molecule has 0 saturated carbocycles. The summed E-state index contributed by atoms with van der Waals surface area (Å²) in [5, 5.41) is 9.60. The van der Waals surface area contributed by atoms with E-state index in [9.17, 15) is 14.7 Å². The molecule has 168 valence electrons. The number of thiocarbonyl (C=S) groups is 1. The third kappa shape index (κ3) is 4.94. The summed E-state index contributed by atoms with van der Waals surface area (Å²) in [6, 6.07) is 8.22. The van der Waals surface area contributed by atoms with Crippen molar-refractivity contribution in [3.63, 3.8) is 0 Å². The van der Waals surface area contributed by atoms with Gasteiger partial charge in [0.2, 0.25) is 0 Å². The molecule has 1 amide bonds. The smallest absolute Gasteiger partial charge is 0.326 e. The van der Waals surface area contributed by atoms with Gasteiger partial charge in [-0.15, -0.1) is 0 Å². The van der Waals surface area contributed by atoms with E-state index in [0.29, 0.717) is 34.1 Å². The van der Waals surface area contributed by atoms with Crippen LogP contribution in [0.25, 0.3) is 17.3 Å². The molecular formula is C23H24N2O5S2. The number of methoxy groups -OCH3 is 2. The monoisotopic (exact) mass is 472 g/mol. The number of para-hydroxylation sites is 1. The van der Waals surface area contributed by atoms with E-state index in [1.807, 2.05) is 44.2 Å². The van der Waals surface area contributed by atoms with Gasteiger partial charge in [0.05, 0.1) is 24.8 Å². The quantitative estimate of drug-likeness (QED) is 0.445. The Labute approximate surface area is 196 Å². The fourth-order valence-electron chi connectivity index (χ4n) is 3.40. The van der Waals surface area contributed by atoms with Crippen LogP contribution in [0.4, 0.5) is 0 Å². The van der Waals surface area contributed by atoms with E-state index in [2.05, 4.69) is 4.98 Å². The lowest BCUT2D eigenvalue weighted by Crippen LogP contribution is -2.44. The van der Waals surface area contributed by atoms with Gasteiger partial charge in [-0.2, -0.15) is 0 Å². The summed E-state index contributed by atoms with van der Waals surface area (Å²) in [5.74, 6) is -0.161. The Bertz CT molecular complexity index is 1070. The highest BCUT2D eigenvalue weighted by atomic mass is 32.2. The van der Waals surface area contributed by atoms with Crippen molar-refractivity contribution in [2.75, 3.05) is 14.2 Å². The lowest BCUT2D eigenvalue weighted by atomic mass is 10.0. The van der Waals surface area contributed by atoms with Gasteiger partial charge in [-0.1, -0.05) is 50.0 Å². The maximum Gasteiger partial charge on any atom is 0.326 e. The zero-order valence-corrected chi connectivity index (χ0v) is 19.8. The second kappa shape index (κ2) is 10.1. The minimum atomic E-state index is -1.06. The maximum absolute atomic E-state index is 12.9. The predicted molar refractivity (Wildman–Crippen MR) is 129 cm³/mol. The Kier molecular flexibility index (Phi) is 7.52. The number of amides is 1. The molecule has 1 aliphatic rings. The zero-order valence-electron chi connectivity index (χ0n) is 18.2. The minimum Gasteiger partial charge on any atom is -0.493 e. The van der Waals surface area contributed by atoms with Crippen molar-refractivity contribution in [2.24, 2.45) is 5.92 Å². The number of hydrogen-bond acceptors (Lipinski definition) is 7. The number of thioether (sulfide) groups is 1. The third-order valence-corrected chi connectivity index (χ3v) is 6.21. The highest BCUT2D eigenvalue weighted by Gasteiger charge is 2.40. The molecule has 0 aliphatic carbocycles. The summed E-state index contributed by atoms with van der Waals surface area (Å²) < 4.78 is 11.1. The normalized spacial score (nSPS) is 16.0. The molecule has 32 heavy (non-hydrogen) atoms. The summed E-state index contributed by atoms with van der Waals surface area (Å²) in [5.41, 5.74) is 2.17. The summed E-state index contributed by atoms with van der Waals surface area (Å²) in [4.78, 5) is 30.7. The first-order valence-corrected chi connectivity index (χ1v) is 11.2. The van der Waals surface area contributed by atoms with Crippen LogP contribution in [0.15, 0.2) is 41.4 Å². The van der Waals surface area contributed by atoms with Crippen LogP contribution in [-0.2, 0) is 9.59 Å². The largest absolute Gasteiger partial charge is 0.493 e. The van der Waals surface area contributed by atoms with Crippen molar-refractivity contribution in [3.05, 3.63) is 47.0 Å². The Morgan fingerprint density at radius 2 is 2.00 bits per heavy atom. The second-order valence-electron chi connectivity index (χ2n) is 7.55. The van der Waals surface area contributed by atoms with E-state index in [-0.39, 0.29) is 10.2 Å². The second-order valence-corrected chi connectivity index (χ2v) is 9.23. The van der Waals surface area contributed by atoms with Crippen LogP contribution in [0.3, 0.4) is 0 Å². The Morgan fingerprint density at radius 1 is 1.25 bits per heavy atom. The number of carbonyl (C=O) groups is 2. The number of pyridine rings is 1. The molecule has 0 unspecified atom stereocenters. The van der Waals surface area contributed by atoms with Gasteiger partial charge in [-0.25, -0.2) is 4.79 Å². The number of carboxylic acids is 1. The highest BCUT2D eigenvalue weighted by molar-refractivity contribution is 8.26. The molecule has 0 radical (unpaired) electrons. The van der Waals surface area contributed by atoms with Gasteiger partial charge >= 0.3 is 5.97 Å². The molecule has 1 fully saturated rings. The summed E-state index contributed by atoms with van der Waals surface area (Å²) in [7, 11) is 3.14. The number of aromatic nitrogens is 1. The average Bonchev–Trinajstić information content (AvgIpc) is 3.04. The first kappa shape index (κ1) is 23.7. The van der Waals surface area contributed by atoms with Crippen LogP contribution in [0.2, 0.25) is 0 Å². The van der Waals surface area contributed by atoms with E-state index in [4.69, 9.17) is 21.7 Å². The van der Waals surface area contributed by atoms with E-state index in [0.717, 1.165) is 17.3 Å². The minimum absolute atomic E-state index is 0.107. The molecule has 0 bridgehead atoms. The van der Waals surface area contributed by atoms with Gasteiger partial charge < -0.3 is 14.6 Å². The summed E-state index contributed by atoms with van der Waals surface area (Å²) in [6.07, 6.45) is 3.64. The fourth-order valence-corrected chi connectivity index (χ4v) is 4.76. The van der Waals surface area contributed by atoms with Crippen LogP contribution in [0.5, 0.6) is 11.5 Å².